The Morgan fingerprint density at radius 2 is 1.93 bits per heavy atom. The monoisotopic (exact) mass is 414 g/mol. The van der Waals surface area contributed by atoms with E-state index in [1.54, 1.807) is 18.3 Å². The lowest BCUT2D eigenvalue weighted by molar-refractivity contribution is 0.338. The Hall–Kier alpha value is -1.96. The van der Waals surface area contributed by atoms with E-state index in [-0.39, 0.29) is 6.04 Å². The standard InChI is InChI=1S/C21H22N2O3S2/c24-28(25,23-17-10-4-6-14-5-1-2-9-16(14)17)20-12-11-19(27-20)18-13-22-21(26-18)15-7-3-8-15/h1-2,5,9,11-13,15,17,23H,3-4,6-8,10H2. The van der Waals surface area contributed by atoms with E-state index in [1.807, 2.05) is 18.2 Å². The van der Waals surface area contributed by atoms with Crippen molar-refractivity contribution in [1.82, 2.24) is 9.71 Å². The normalized spacial score (nSPS) is 19.9. The third kappa shape index (κ3) is 3.32. The largest absolute Gasteiger partial charge is 0.440 e. The number of aromatic nitrogens is 1. The summed E-state index contributed by atoms with van der Waals surface area (Å²) in [6, 6.07) is 11.4. The lowest BCUT2D eigenvalue weighted by Crippen LogP contribution is -2.30. The molecule has 5 nitrogen and oxygen atoms in total. The van der Waals surface area contributed by atoms with E-state index in [0.29, 0.717) is 15.9 Å². The Kier molecular flexibility index (Phi) is 4.61. The van der Waals surface area contributed by atoms with Gasteiger partial charge in [-0.3, -0.25) is 0 Å². The molecule has 0 spiro atoms. The number of nitrogens with one attached hydrogen (secondary N) is 1. The minimum atomic E-state index is -3.59. The van der Waals surface area contributed by atoms with Crippen LogP contribution in [0.15, 0.2) is 51.2 Å². The third-order valence-corrected chi connectivity index (χ3v) is 8.80. The van der Waals surface area contributed by atoms with Gasteiger partial charge in [-0.15, -0.1) is 11.3 Å². The molecule has 1 N–H and O–H groups in total. The van der Waals surface area contributed by atoms with Crippen LogP contribution in [0.4, 0.5) is 0 Å². The highest BCUT2D eigenvalue weighted by molar-refractivity contribution is 7.91. The molecule has 7 heteroatoms. The minimum Gasteiger partial charge on any atom is -0.440 e. The maximum Gasteiger partial charge on any atom is 0.250 e. The Balaban J connectivity index is 1.37. The van der Waals surface area contributed by atoms with E-state index in [2.05, 4.69) is 15.8 Å². The summed E-state index contributed by atoms with van der Waals surface area (Å²) in [5.41, 5.74) is 2.33. The summed E-state index contributed by atoms with van der Waals surface area (Å²) in [4.78, 5) is 5.17. The van der Waals surface area contributed by atoms with Crippen LogP contribution >= 0.6 is 11.3 Å². The van der Waals surface area contributed by atoms with Crippen molar-refractivity contribution in [2.75, 3.05) is 0 Å². The molecule has 5 rings (SSSR count). The van der Waals surface area contributed by atoms with Crippen molar-refractivity contribution in [3.8, 4) is 10.6 Å². The first kappa shape index (κ1) is 18.1. The number of oxazole rings is 1. The lowest BCUT2D eigenvalue weighted by Gasteiger charge is -2.25. The van der Waals surface area contributed by atoms with E-state index in [0.717, 1.165) is 48.4 Å². The number of nitrogens with zero attached hydrogens (tertiary/aromatic N) is 1. The Bertz CT molecular complexity index is 1100. The maximum absolute atomic E-state index is 13.0. The van der Waals surface area contributed by atoms with Gasteiger partial charge in [0.25, 0.3) is 10.0 Å². The highest BCUT2D eigenvalue weighted by Crippen LogP contribution is 2.39. The van der Waals surface area contributed by atoms with Gasteiger partial charge in [0, 0.05) is 12.0 Å². The third-order valence-electron chi connectivity index (χ3n) is 5.73. The molecule has 0 aliphatic heterocycles. The van der Waals surface area contributed by atoms with E-state index in [9.17, 15) is 8.42 Å². The molecule has 1 aromatic carbocycles. The second-order valence-corrected chi connectivity index (χ2v) is 10.6. The first-order valence-electron chi connectivity index (χ1n) is 9.76. The van der Waals surface area contributed by atoms with Gasteiger partial charge in [-0.1, -0.05) is 30.7 Å². The van der Waals surface area contributed by atoms with Crippen molar-refractivity contribution >= 4 is 21.4 Å². The summed E-state index contributed by atoms with van der Waals surface area (Å²) < 4.78 is 35.1. The SMILES string of the molecule is O=S(=O)(NC1CCCc2ccccc21)c1ccc(-c2cnc(C3CCC3)o2)s1. The number of sulfonamides is 1. The van der Waals surface area contributed by atoms with Crippen molar-refractivity contribution in [2.45, 2.75) is 54.7 Å². The molecular weight excluding hydrogens is 392 g/mol. The molecule has 1 saturated carbocycles. The van der Waals surface area contributed by atoms with Crippen LogP contribution in [0.2, 0.25) is 0 Å². The molecule has 1 unspecified atom stereocenters. The molecule has 2 aliphatic carbocycles. The Morgan fingerprint density at radius 1 is 1.07 bits per heavy atom. The smallest absolute Gasteiger partial charge is 0.250 e. The number of aryl methyl sites for hydroxylation is 1. The van der Waals surface area contributed by atoms with Crippen LogP contribution in [0.5, 0.6) is 0 Å². The first-order valence-corrected chi connectivity index (χ1v) is 12.1. The zero-order chi connectivity index (χ0) is 19.1. The number of hydrogen-bond acceptors (Lipinski definition) is 5. The fourth-order valence-electron chi connectivity index (χ4n) is 3.96. The molecule has 1 atom stereocenters. The summed E-state index contributed by atoms with van der Waals surface area (Å²) in [6.07, 6.45) is 7.99. The zero-order valence-corrected chi connectivity index (χ0v) is 17.1. The highest BCUT2D eigenvalue weighted by Gasteiger charge is 2.28. The molecule has 1 fully saturated rings. The fourth-order valence-corrected chi connectivity index (χ4v) is 6.48. The van der Waals surface area contributed by atoms with Gasteiger partial charge < -0.3 is 4.42 Å². The summed E-state index contributed by atoms with van der Waals surface area (Å²) in [7, 11) is -3.59. The van der Waals surface area contributed by atoms with E-state index >= 15 is 0 Å². The number of hydrogen-bond donors (Lipinski definition) is 1. The first-order chi connectivity index (χ1) is 13.6. The molecule has 0 saturated heterocycles. The molecule has 3 aromatic rings. The van der Waals surface area contributed by atoms with Crippen molar-refractivity contribution < 1.29 is 12.8 Å². The number of rotatable bonds is 5. The van der Waals surface area contributed by atoms with Gasteiger partial charge in [-0.2, -0.15) is 0 Å². The highest BCUT2D eigenvalue weighted by atomic mass is 32.2. The molecule has 146 valence electrons. The fraction of sp³-hybridized carbons (Fsp3) is 0.381. The molecule has 2 aliphatic rings. The number of thiophene rings is 1. The molecule has 2 aromatic heterocycles. The summed E-state index contributed by atoms with van der Waals surface area (Å²) >= 11 is 1.23. The second kappa shape index (κ2) is 7.13. The van der Waals surface area contributed by atoms with Crippen LogP contribution in [-0.2, 0) is 16.4 Å². The van der Waals surface area contributed by atoms with Gasteiger partial charge in [-0.05, 0) is 55.4 Å². The molecule has 28 heavy (non-hydrogen) atoms. The van der Waals surface area contributed by atoms with Crippen LogP contribution in [0.1, 0.15) is 61.1 Å². The van der Waals surface area contributed by atoms with Crippen molar-refractivity contribution in [1.29, 1.82) is 0 Å². The van der Waals surface area contributed by atoms with Crippen molar-refractivity contribution in [3.05, 3.63) is 59.6 Å². The van der Waals surface area contributed by atoms with Gasteiger partial charge in [0.1, 0.15) is 4.21 Å². The van der Waals surface area contributed by atoms with Crippen molar-refractivity contribution in [2.24, 2.45) is 0 Å². The van der Waals surface area contributed by atoms with Crippen LogP contribution in [0, 0.1) is 0 Å². The van der Waals surface area contributed by atoms with Gasteiger partial charge >= 0.3 is 0 Å². The van der Waals surface area contributed by atoms with Crippen molar-refractivity contribution in [3.63, 3.8) is 0 Å². The summed E-state index contributed by atoms with van der Waals surface area (Å²) in [6.45, 7) is 0. The van der Waals surface area contributed by atoms with E-state index < -0.39 is 10.0 Å². The van der Waals surface area contributed by atoms with Gasteiger partial charge in [-0.25, -0.2) is 18.1 Å². The predicted octanol–water partition coefficient (Wildman–Crippen LogP) is 5.03. The Labute approximate surface area is 168 Å². The summed E-state index contributed by atoms with van der Waals surface area (Å²) in [5, 5.41) is 0. The molecular formula is C21H22N2O3S2. The number of fused-ring (bicyclic) bond motifs is 1. The lowest BCUT2D eigenvalue weighted by atomic mass is 9.85. The van der Waals surface area contributed by atoms with E-state index in [1.165, 1.54) is 23.3 Å². The average Bonchev–Trinajstić information content (AvgIpc) is 3.30. The topological polar surface area (TPSA) is 72.2 Å². The second-order valence-electron chi connectivity index (χ2n) is 7.57. The predicted molar refractivity (Wildman–Crippen MR) is 109 cm³/mol. The zero-order valence-electron chi connectivity index (χ0n) is 15.4. The van der Waals surface area contributed by atoms with E-state index in [4.69, 9.17) is 4.42 Å². The van der Waals surface area contributed by atoms with Crippen LogP contribution in [0.25, 0.3) is 10.6 Å². The minimum absolute atomic E-state index is 0.170. The summed E-state index contributed by atoms with van der Waals surface area (Å²) in [5.74, 6) is 1.84. The molecule has 2 heterocycles. The molecule has 0 bridgehead atoms. The quantitative estimate of drug-likeness (QED) is 0.636. The van der Waals surface area contributed by atoms with Crippen LogP contribution < -0.4 is 4.72 Å². The van der Waals surface area contributed by atoms with Gasteiger partial charge in [0.2, 0.25) is 0 Å². The number of benzene rings is 1. The van der Waals surface area contributed by atoms with Gasteiger partial charge in [0.15, 0.2) is 11.7 Å². The van der Waals surface area contributed by atoms with Gasteiger partial charge in [0.05, 0.1) is 11.1 Å². The van der Waals surface area contributed by atoms with Crippen LogP contribution in [0.3, 0.4) is 0 Å². The molecule has 0 amide bonds. The maximum atomic E-state index is 13.0. The molecule has 0 radical (unpaired) electrons. The Morgan fingerprint density at radius 3 is 2.75 bits per heavy atom. The average molecular weight is 415 g/mol. The van der Waals surface area contributed by atoms with Crippen LogP contribution in [-0.4, -0.2) is 13.4 Å².